The summed E-state index contributed by atoms with van der Waals surface area (Å²) in [6.07, 6.45) is 3.33. The number of nitrogens with zero attached hydrogens (tertiary/aromatic N) is 3. The molecule has 0 aliphatic rings. The van der Waals surface area contributed by atoms with Crippen LogP contribution in [-0.4, -0.2) is 9.97 Å². The Hall–Kier alpha value is -2.41. The van der Waals surface area contributed by atoms with Gasteiger partial charge in [-0.3, -0.25) is 0 Å². The highest BCUT2D eigenvalue weighted by Crippen LogP contribution is 2.20. The molecular formula is C12H10N4. The second-order valence-corrected chi connectivity index (χ2v) is 3.29. The first kappa shape index (κ1) is 10.1. The lowest BCUT2D eigenvalue weighted by atomic mass is 10.1. The normalized spacial score (nSPS) is 9.50. The van der Waals surface area contributed by atoms with Gasteiger partial charge in [0.25, 0.3) is 0 Å². The minimum atomic E-state index is 0.528. The van der Waals surface area contributed by atoms with E-state index in [9.17, 15) is 0 Å². The number of hydrogen-bond donors (Lipinski definition) is 1. The van der Waals surface area contributed by atoms with Crippen LogP contribution in [0.5, 0.6) is 0 Å². The van der Waals surface area contributed by atoms with Crippen LogP contribution in [0, 0.1) is 18.3 Å². The molecule has 0 aliphatic heterocycles. The highest BCUT2D eigenvalue weighted by Gasteiger charge is 2.03. The molecule has 1 N–H and O–H groups in total. The maximum absolute atomic E-state index is 8.90. The van der Waals surface area contributed by atoms with Gasteiger partial charge < -0.3 is 5.32 Å². The Bertz CT molecular complexity index is 528. The molecule has 0 fully saturated rings. The molecule has 16 heavy (non-hydrogen) atoms. The van der Waals surface area contributed by atoms with Gasteiger partial charge in [-0.1, -0.05) is 6.07 Å². The zero-order chi connectivity index (χ0) is 11.4. The van der Waals surface area contributed by atoms with Crippen molar-refractivity contribution >= 4 is 11.6 Å². The van der Waals surface area contributed by atoms with Crippen molar-refractivity contribution in [1.29, 1.82) is 5.26 Å². The van der Waals surface area contributed by atoms with Crippen molar-refractivity contribution in [3.8, 4) is 6.07 Å². The molecule has 1 heterocycles. The van der Waals surface area contributed by atoms with Crippen LogP contribution < -0.4 is 5.32 Å². The van der Waals surface area contributed by atoms with Crippen LogP contribution in [0.4, 0.5) is 11.6 Å². The molecule has 4 heteroatoms. The second-order valence-electron chi connectivity index (χ2n) is 3.29. The molecule has 0 radical (unpaired) electrons. The Balaban J connectivity index is 2.33. The van der Waals surface area contributed by atoms with E-state index in [4.69, 9.17) is 5.26 Å². The van der Waals surface area contributed by atoms with Gasteiger partial charge in [0.05, 0.1) is 11.6 Å². The van der Waals surface area contributed by atoms with Crippen molar-refractivity contribution in [3.63, 3.8) is 0 Å². The van der Waals surface area contributed by atoms with E-state index in [1.165, 1.54) is 0 Å². The monoisotopic (exact) mass is 210 g/mol. The van der Waals surface area contributed by atoms with Gasteiger partial charge in [-0.15, -0.1) is 0 Å². The zero-order valence-electron chi connectivity index (χ0n) is 8.81. The summed E-state index contributed by atoms with van der Waals surface area (Å²) in [6.45, 7) is 1.89. The van der Waals surface area contributed by atoms with E-state index in [1.807, 2.05) is 19.1 Å². The van der Waals surface area contributed by atoms with Crippen molar-refractivity contribution < 1.29 is 0 Å². The first-order chi connectivity index (χ1) is 7.81. The van der Waals surface area contributed by atoms with Crippen molar-refractivity contribution in [2.24, 2.45) is 0 Å². The van der Waals surface area contributed by atoms with Crippen molar-refractivity contribution in [1.82, 2.24) is 9.97 Å². The topological polar surface area (TPSA) is 61.6 Å². The number of nitrogens with one attached hydrogen (secondary N) is 1. The van der Waals surface area contributed by atoms with Crippen LogP contribution in [0.15, 0.2) is 36.7 Å². The predicted molar refractivity (Wildman–Crippen MR) is 61.2 cm³/mol. The van der Waals surface area contributed by atoms with Crippen LogP contribution in [0.3, 0.4) is 0 Å². The average molecular weight is 210 g/mol. The van der Waals surface area contributed by atoms with E-state index < -0.39 is 0 Å². The van der Waals surface area contributed by atoms with E-state index in [0.29, 0.717) is 11.5 Å². The van der Waals surface area contributed by atoms with Gasteiger partial charge in [0, 0.05) is 18.1 Å². The first-order valence-electron chi connectivity index (χ1n) is 4.85. The summed E-state index contributed by atoms with van der Waals surface area (Å²) in [6, 6.07) is 9.40. The summed E-state index contributed by atoms with van der Waals surface area (Å²) in [5.74, 6) is 0.528. The highest BCUT2D eigenvalue weighted by atomic mass is 15.1. The lowest BCUT2D eigenvalue weighted by Gasteiger charge is -2.08. The van der Waals surface area contributed by atoms with Crippen molar-refractivity contribution in [2.45, 2.75) is 6.92 Å². The van der Waals surface area contributed by atoms with E-state index >= 15 is 0 Å². The van der Waals surface area contributed by atoms with Gasteiger partial charge in [-0.2, -0.15) is 5.26 Å². The third kappa shape index (κ3) is 1.98. The van der Waals surface area contributed by atoms with E-state index in [0.717, 1.165) is 11.3 Å². The van der Waals surface area contributed by atoms with Crippen molar-refractivity contribution in [2.75, 3.05) is 5.32 Å². The van der Waals surface area contributed by atoms with Crippen molar-refractivity contribution in [3.05, 3.63) is 47.8 Å². The molecule has 0 amide bonds. The Labute approximate surface area is 93.6 Å². The third-order valence-corrected chi connectivity index (χ3v) is 2.27. The summed E-state index contributed by atoms with van der Waals surface area (Å²) >= 11 is 0. The summed E-state index contributed by atoms with van der Waals surface area (Å²) in [5, 5.41) is 12.0. The van der Waals surface area contributed by atoms with Crippen LogP contribution >= 0.6 is 0 Å². The molecule has 0 unspecified atom stereocenters. The molecule has 1 aromatic carbocycles. The number of benzene rings is 1. The quantitative estimate of drug-likeness (QED) is 0.826. The number of rotatable bonds is 2. The predicted octanol–water partition coefficient (Wildman–Crippen LogP) is 2.40. The van der Waals surface area contributed by atoms with Gasteiger partial charge in [0.15, 0.2) is 0 Å². The lowest BCUT2D eigenvalue weighted by molar-refractivity contribution is 1.16. The van der Waals surface area contributed by atoms with Gasteiger partial charge in [0.1, 0.15) is 0 Å². The van der Waals surface area contributed by atoms with Gasteiger partial charge in [0.2, 0.25) is 5.95 Å². The smallest absolute Gasteiger partial charge is 0.227 e. The minimum Gasteiger partial charge on any atom is -0.324 e. The number of hydrogen-bond acceptors (Lipinski definition) is 4. The Kier molecular flexibility index (Phi) is 2.79. The van der Waals surface area contributed by atoms with Crippen LogP contribution in [-0.2, 0) is 0 Å². The fourth-order valence-corrected chi connectivity index (χ4v) is 1.38. The zero-order valence-corrected chi connectivity index (χ0v) is 8.81. The fourth-order valence-electron chi connectivity index (χ4n) is 1.38. The van der Waals surface area contributed by atoms with E-state index in [1.54, 1.807) is 24.5 Å². The number of anilines is 2. The summed E-state index contributed by atoms with van der Waals surface area (Å²) in [5.41, 5.74) is 2.41. The average Bonchev–Trinajstić information content (AvgIpc) is 2.33. The second kappa shape index (κ2) is 4.41. The summed E-state index contributed by atoms with van der Waals surface area (Å²) in [4.78, 5) is 8.13. The molecule has 1 aromatic heterocycles. The van der Waals surface area contributed by atoms with Crippen LogP contribution in [0.25, 0.3) is 0 Å². The third-order valence-electron chi connectivity index (χ3n) is 2.27. The van der Waals surface area contributed by atoms with Gasteiger partial charge in [-0.05, 0) is 30.7 Å². The summed E-state index contributed by atoms with van der Waals surface area (Å²) in [7, 11) is 0. The van der Waals surface area contributed by atoms with Gasteiger partial charge >= 0.3 is 0 Å². The molecule has 0 bridgehead atoms. The van der Waals surface area contributed by atoms with E-state index in [2.05, 4.69) is 21.4 Å². The molecule has 0 atom stereocenters. The van der Waals surface area contributed by atoms with Crippen LogP contribution in [0.2, 0.25) is 0 Å². The maximum atomic E-state index is 8.90. The minimum absolute atomic E-state index is 0.528. The fraction of sp³-hybridized carbons (Fsp3) is 0.0833. The highest BCUT2D eigenvalue weighted by molar-refractivity contribution is 5.62. The Morgan fingerprint density at radius 1 is 1.19 bits per heavy atom. The molecule has 0 aliphatic carbocycles. The molecule has 78 valence electrons. The first-order valence-corrected chi connectivity index (χ1v) is 4.85. The van der Waals surface area contributed by atoms with E-state index in [-0.39, 0.29) is 0 Å². The molecule has 2 aromatic rings. The molecule has 2 rings (SSSR count). The molecule has 0 saturated carbocycles. The number of nitriles is 1. The standard InChI is InChI=1S/C12H10N4/c1-9-10(8-13)4-2-5-11(9)16-12-14-6-3-7-15-12/h2-7H,1H3,(H,14,15,16). The van der Waals surface area contributed by atoms with Gasteiger partial charge in [-0.25, -0.2) is 9.97 Å². The number of aromatic nitrogens is 2. The molecule has 0 saturated heterocycles. The maximum Gasteiger partial charge on any atom is 0.227 e. The summed E-state index contributed by atoms with van der Waals surface area (Å²) < 4.78 is 0. The van der Waals surface area contributed by atoms with Crippen LogP contribution in [0.1, 0.15) is 11.1 Å². The molecule has 4 nitrogen and oxygen atoms in total. The molecular weight excluding hydrogens is 200 g/mol. The largest absolute Gasteiger partial charge is 0.324 e. The Morgan fingerprint density at radius 2 is 1.94 bits per heavy atom. The Morgan fingerprint density at radius 3 is 2.62 bits per heavy atom. The lowest BCUT2D eigenvalue weighted by Crippen LogP contribution is -1.98. The SMILES string of the molecule is Cc1c(C#N)cccc1Nc1ncccn1. The molecule has 0 spiro atoms.